The van der Waals surface area contributed by atoms with Crippen LogP contribution in [0.1, 0.15) is 0 Å². The van der Waals surface area contributed by atoms with Gasteiger partial charge in [0.2, 0.25) is 0 Å². The number of anilines is 1. The molecule has 0 unspecified atom stereocenters. The molecule has 2 aromatic carbocycles. The molecule has 4 aromatic rings. The molecule has 7 nitrogen and oxygen atoms in total. The average Bonchev–Trinajstić information content (AvgIpc) is 3.02. The molecule has 0 amide bonds. The smallest absolute Gasteiger partial charge is 0.306 e. The summed E-state index contributed by atoms with van der Waals surface area (Å²) < 4.78 is 41.1. The molecular formula is C18H11ClFN3O4S2. The first kappa shape index (κ1) is 19.4. The van der Waals surface area contributed by atoms with Gasteiger partial charge in [-0.15, -0.1) is 11.3 Å². The molecular weight excluding hydrogens is 441 g/mol. The molecule has 0 aliphatic rings. The van der Waals surface area contributed by atoms with E-state index in [0.717, 1.165) is 10.6 Å². The minimum atomic E-state index is -4.17. The van der Waals surface area contributed by atoms with Gasteiger partial charge in [-0.2, -0.15) is 0 Å². The molecule has 2 aromatic heterocycles. The number of aromatic nitrogens is 2. The van der Waals surface area contributed by atoms with Crippen LogP contribution in [0.2, 0.25) is 4.34 Å². The van der Waals surface area contributed by atoms with Crippen LogP contribution in [0.5, 0.6) is 0 Å². The summed E-state index contributed by atoms with van der Waals surface area (Å²) in [7, 11) is -4.17. The standard InChI is InChI=1S/C18H11ClFN3O4S2/c19-15-9-13(20)17(28-15)29(26,27)22-10-5-7-11(8-6-10)23-16(24)12-3-1-2-4-14(12)21-18(23)25/h1-9,22H,(H,21,25). The van der Waals surface area contributed by atoms with Gasteiger partial charge < -0.3 is 4.98 Å². The number of para-hydroxylation sites is 1. The summed E-state index contributed by atoms with van der Waals surface area (Å²) >= 11 is 6.25. The number of thiophene rings is 1. The average molecular weight is 452 g/mol. The quantitative estimate of drug-likeness (QED) is 0.497. The molecule has 0 saturated carbocycles. The van der Waals surface area contributed by atoms with E-state index >= 15 is 0 Å². The number of rotatable bonds is 4. The van der Waals surface area contributed by atoms with E-state index in [0.29, 0.717) is 22.2 Å². The Bertz CT molecular complexity index is 1460. The highest BCUT2D eigenvalue weighted by molar-refractivity contribution is 7.94. The monoisotopic (exact) mass is 451 g/mol. The largest absolute Gasteiger partial charge is 0.333 e. The zero-order chi connectivity index (χ0) is 20.8. The zero-order valence-electron chi connectivity index (χ0n) is 14.3. The molecule has 0 aliphatic carbocycles. The van der Waals surface area contributed by atoms with E-state index in [2.05, 4.69) is 9.71 Å². The first-order valence-corrected chi connectivity index (χ1v) is 10.8. The van der Waals surface area contributed by atoms with E-state index in [1.54, 1.807) is 24.3 Å². The number of hydrogen-bond donors (Lipinski definition) is 2. The Kier molecular flexibility index (Phi) is 4.77. The van der Waals surface area contributed by atoms with E-state index in [9.17, 15) is 22.4 Å². The second-order valence-corrected chi connectivity index (χ2v) is 9.52. The topological polar surface area (TPSA) is 101 Å². The van der Waals surface area contributed by atoms with Gasteiger partial charge in [0.05, 0.1) is 20.9 Å². The maximum Gasteiger partial charge on any atom is 0.333 e. The molecule has 0 radical (unpaired) electrons. The van der Waals surface area contributed by atoms with Gasteiger partial charge in [0.1, 0.15) is 0 Å². The number of hydrogen-bond acceptors (Lipinski definition) is 5. The molecule has 2 N–H and O–H groups in total. The molecule has 0 saturated heterocycles. The summed E-state index contributed by atoms with van der Waals surface area (Å²) in [5, 5.41) is 0.335. The summed E-state index contributed by atoms with van der Waals surface area (Å²) in [6, 6.07) is 13.0. The maximum absolute atomic E-state index is 13.7. The Hall–Kier alpha value is -2.95. The Morgan fingerprint density at radius 2 is 1.76 bits per heavy atom. The van der Waals surface area contributed by atoms with Crippen molar-refractivity contribution in [1.29, 1.82) is 0 Å². The highest BCUT2D eigenvalue weighted by atomic mass is 35.5. The van der Waals surface area contributed by atoms with Crippen molar-refractivity contribution in [3.05, 3.63) is 85.6 Å². The number of nitrogens with one attached hydrogen (secondary N) is 2. The van der Waals surface area contributed by atoms with Crippen LogP contribution in [-0.2, 0) is 10.0 Å². The van der Waals surface area contributed by atoms with Crippen LogP contribution in [-0.4, -0.2) is 18.0 Å². The van der Waals surface area contributed by atoms with Crippen LogP contribution in [0.25, 0.3) is 16.6 Å². The van der Waals surface area contributed by atoms with E-state index < -0.39 is 31.3 Å². The SMILES string of the molecule is O=c1[nH]c2ccccc2c(=O)n1-c1ccc(NS(=O)(=O)c2sc(Cl)cc2F)cc1. The van der Waals surface area contributed by atoms with Gasteiger partial charge in [-0.3, -0.25) is 9.52 Å². The molecule has 11 heteroatoms. The lowest BCUT2D eigenvalue weighted by Gasteiger charge is -2.09. The second-order valence-electron chi connectivity index (χ2n) is 5.95. The van der Waals surface area contributed by atoms with Crippen molar-refractivity contribution in [3.8, 4) is 5.69 Å². The first-order valence-electron chi connectivity index (χ1n) is 8.08. The zero-order valence-corrected chi connectivity index (χ0v) is 16.7. The lowest BCUT2D eigenvalue weighted by atomic mass is 10.2. The summed E-state index contributed by atoms with van der Waals surface area (Å²) in [6.07, 6.45) is 0. The van der Waals surface area contributed by atoms with Gasteiger partial charge >= 0.3 is 5.69 Å². The fourth-order valence-electron chi connectivity index (χ4n) is 2.79. The van der Waals surface area contributed by atoms with Gasteiger partial charge in [-0.1, -0.05) is 23.7 Å². The number of fused-ring (bicyclic) bond motifs is 1. The van der Waals surface area contributed by atoms with Crippen molar-refractivity contribution in [2.45, 2.75) is 4.21 Å². The van der Waals surface area contributed by atoms with Crippen LogP contribution >= 0.6 is 22.9 Å². The van der Waals surface area contributed by atoms with Crippen molar-refractivity contribution in [1.82, 2.24) is 9.55 Å². The number of H-pyrrole nitrogens is 1. The van der Waals surface area contributed by atoms with Gasteiger partial charge in [0.15, 0.2) is 10.0 Å². The third-order valence-corrected chi connectivity index (χ3v) is 7.18. The molecule has 148 valence electrons. The number of benzene rings is 2. The first-order chi connectivity index (χ1) is 13.8. The summed E-state index contributed by atoms with van der Waals surface area (Å²) in [6.45, 7) is 0. The predicted molar refractivity (Wildman–Crippen MR) is 110 cm³/mol. The third-order valence-electron chi connectivity index (χ3n) is 4.05. The lowest BCUT2D eigenvalue weighted by Crippen LogP contribution is -2.33. The van der Waals surface area contributed by atoms with E-state index in [1.807, 2.05) is 0 Å². The molecule has 0 aliphatic heterocycles. The fourth-order valence-corrected chi connectivity index (χ4v) is 5.43. The lowest BCUT2D eigenvalue weighted by molar-refractivity contribution is 0.579. The van der Waals surface area contributed by atoms with Crippen molar-refractivity contribution in [2.75, 3.05) is 4.72 Å². The normalized spacial score (nSPS) is 11.7. The Morgan fingerprint density at radius 3 is 2.41 bits per heavy atom. The van der Waals surface area contributed by atoms with Gasteiger partial charge in [-0.05, 0) is 36.4 Å². The maximum atomic E-state index is 13.7. The summed E-state index contributed by atoms with van der Waals surface area (Å²) in [5.41, 5.74) is -0.344. The van der Waals surface area contributed by atoms with Crippen LogP contribution in [0, 0.1) is 5.82 Å². The molecule has 29 heavy (non-hydrogen) atoms. The van der Waals surface area contributed by atoms with E-state index in [4.69, 9.17) is 11.6 Å². The highest BCUT2D eigenvalue weighted by Crippen LogP contribution is 2.30. The van der Waals surface area contributed by atoms with Gasteiger partial charge in [-0.25, -0.2) is 22.2 Å². The van der Waals surface area contributed by atoms with E-state index in [-0.39, 0.29) is 15.7 Å². The van der Waals surface area contributed by atoms with Crippen LogP contribution < -0.4 is 16.0 Å². The van der Waals surface area contributed by atoms with Crippen molar-refractivity contribution < 1.29 is 12.8 Å². The van der Waals surface area contributed by atoms with Crippen molar-refractivity contribution in [3.63, 3.8) is 0 Å². The van der Waals surface area contributed by atoms with Gasteiger partial charge in [0.25, 0.3) is 15.6 Å². The van der Waals surface area contributed by atoms with Crippen LogP contribution in [0.15, 0.2) is 68.4 Å². The Morgan fingerprint density at radius 1 is 1.07 bits per heavy atom. The highest BCUT2D eigenvalue weighted by Gasteiger charge is 2.23. The number of sulfonamides is 1. The molecule has 4 rings (SSSR count). The number of halogens is 2. The molecule has 0 fully saturated rings. The molecule has 0 atom stereocenters. The van der Waals surface area contributed by atoms with Crippen LogP contribution in [0.4, 0.5) is 10.1 Å². The number of aromatic amines is 1. The van der Waals surface area contributed by atoms with Gasteiger partial charge in [0, 0.05) is 11.8 Å². The molecule has 0 spiro atoms. The van der Waals surface area contributed by atoms with Crippen molar-refractivity contribution >= 4 is 49.6 Å². The summed E-state index contributed by atoms with van der Waals surface area (Å²) in [4.78, 5) is 27.6. The van der Waals surface area contributed by atoms with E-state index in [1.165, 1.54) is 24.3 Å². The predicted octanol–water partition coefficient (Wildman–Crippen LogP) is 3.33. The van der Waals surface area contributed by atoms with Crippen molar-refractivity contribution in [2.24, 2.45) is 0 Å². The number of nitrogens with zero attached hydrogens (tertiary/aromatic N) is 1. The molecule has 0 bridgehead atoms. The van der Waals surface area contributed by atoms with Crippen LogP contribution in [0.3, 0.4) is 0 Å². The third kappa shape index (κ3) is 3.57. The summed E-state index contributed by atoms with van der Waals surface area (Å²) in [5.74, 6) is -0.946. The minimum absolute atomic E-state index is 0.00753. The fraction of sp³-hybridized carbons (Fsp3) is 0. The Labute approximate surface area is 172 Å². The minimum Gasteiger partial charge on any atom is -0.306 e. The second kappa shape index (κ2) is 7.14. The Balaban J connectivity index is 1.71. The molecule has 2 heterocycles.